The van der Waals surface area contributed by atoms with Gasteiger partial charge in [0.1, 0.15) is 17.4 Å². The zero-order valence-electron chi connectivity index (χ0n) is 13.1. The van der Waals surface area contributed by atoms with Gasteiger partial charge >= 0.3 is 0 Å². The van der Waals surface area contributed by atoms with Crippen molar-refractivity contribution in [2.24, 2.45) is 5.92 Å². The maximum atomic E-state index is 12.7. The topological polar surface area (TPSA) is 92.5 Å². The molecule has 0 aromatic heterocycles. The third kappa shape index (κ3) is 2.30. The van der Waals surface area contributed by atoms with E-state index in [2.05, 4.69) is 5.32 Å². The summed E-state index contributed by atoms with van der Waals surface area (Å²) in [6, 6.07) is 6.90. The number of nitrogens with one attached hydrogen (secondary N) is 1. The summed E-state index contributed by atoms with van der Waals surface area (Å²) in [5, 5.41) is 2.92. The van der Waals surface area contributed by atoms with Gasteiger partial charge in [0.2, 0.25) is 5.91 Å². The van der Waals surface area contributed by atoms with Crippen LogP contribution in [0.5, 0.6) is 0 Å². The van der Waals surface area contributed by atoms with Gasteiger partial charge in [-0.2, -0.15) is 0 Å². The number of benzene rings is 1. The Balaban J connectivity index is 2.13. The number of hydrogen-bond donors (Lipinski definition) is 2. The summed E-state index contributed by atoms with van der Waals surface area (Å²) in [6.07, 6.45) is 0.764. The molecule has 1 heterocycles. The van der Waals surface area contributed by atoms with E-state index in [0.29, 0.717) is 6.54 Å². The van der Waals surface area contributed by atoms with E-state index in [0.717, 1.165) is 17.7 Å². The molecule has 0 spiro atoms. The van der Waals surface area contributed by atoms with Crippen LogP contribution in [0.1, 0.15) is 25.8 Å². The molecular weight excluding hydrogens is 294 g/mol. The van der Waals surface area contributed by atoms with Gasteiger partial charge in [0.05, 0.1) is 0 Å². The van der Waals surface area contributed by atoms with Gasteiger partial charge in [0, 0.05) is 12.2 Å². The number of fused-ring (bicyclic) bond motifs is 1. The second-order valence-electron chi connectivity index (χ2n) is 6.03. The van der Waals surface area contributed by atoms with Gasteiger partial charge in [0.15, 0.2) is 0 Å². The van der Waals surface area contributed by atoms with Crippen LogP contribution in [-0.4, -0.2) is 11.9 Å². The van der Waals surface area contributed by atoms with E-state index in [4.69, 9.17) is 5.73 Å². The zero-order chi connectivity index (χ0) is 16.7. The fraction of sp³-hybridized carbons (Fsp3) is 0.353. The lowest BCUT2D eigenvalue weighted by Gasteiger charge is -2.34. The van der Waals surface area contributed by atoms with E-state index in [1.165, 1.54) is 0 Å². The van der Waals surface area contributed by atoms with E-state index in [1.807, 2.05) is 38.1 Å². The minimum absolute atomic E-state index is 0.00751. The monoisotopic (exact) mass is 313 g/mol. The van der Waals surface area contributed by atoms with Gasteiger partial charge in [-0.3, -0.25) is 14.4 Å². The molecule has 1 aliphatic heterocycles. The molecule has 1 amide bonds. The van der Waals surface area contributed by atoms with E-state index in [1.54, 1.807) is 4.90 Å². The molecule has 2 atom stereocenters. The molecule has 2 aromatic carbocycles. The van der Waals surface area contributed by atoms with Gasteiger partial charge in [-0.1, -0.05) is 38.5 Å². The lowest BCUT2D eigenvalue weighted by Crippen LogP contribution is -2.52. The highest BCUT2D eigenvalue weighted by molar-refractivity contribution is 5.99. The van der Waals surface area contributed by atoms with Crippen molar-refractivity contribution in [3.63, 3.8) is 0 Å². The third-order valence-corrected chi connectivity index (χ3v) is 4.61. The summed E-state index contributed by atoms with van der Waals surface area (Å²) in [7, 11) is 0. The van der Waals surface area contributed by atoms with Crippen LogP contribution < -0.4 is 26.8 Å². The van der Waals surface area contributed by atoms with E-state index in [-0.39, 0.29) is 23.2 Å². The fourth-order valence-electron chi connectivity index (χ4n) is 3.10. The molecule has 2 aromatic rings. The lowest BCUT2D eigenvalue weighted by molar-refractivity contribution is -0.118. The first kappa shape index (κ1) is 15.3. The minimum Gasteiger partial charge on any atom is -0.394 e. The predicted molar refractivity (Wildman–Crippen MR) is 90.3 cm³/mol. The second-order valence-corrected chi connectivity index (χ2v) is 6.03. The van der Waals surface area contributed by atoms with Crippen LogP contribution in [-0.2, 0) is 11.3 Å². The van der Waals surface area contributed by atoms with Crippen molar-refractivity contribution < 1.29 is 4.79 Å². The summed E-state index contributed by atoms with van der Waals surface area (Å²) in [6.45, 7) is 4.30. The van der Waals surface area contributed by atoms with Crippen LogP contribution in [0.3, 0.4) is 0 Å². The molecule has 3 N–H and O–H groups in total. The van der Waals surface area contributed by atoms with Crippen LogP contribution >= 0.6 is 0 Å². The molecule has 6 nitrogen and oxygen atoms in total. The van der Waals surface area contributed by atoms with E-state index in [9.17, 15) is 14.4 Å². The average Bonchev–Trinajstić information content (AvgIpc) is 2.69. The first-order valence-corrected chi connectivity index (χ1v) is 7.69. The number of hydrogen-bond acceptors (Lipinski definition) is 5. The third-order valence-electron chi connectivity index (χ3n) is 4.61. The molecule has 0 radical (unpaired) electrons. The van der Waals surface area contributed by atoms with Crippen molar-refractivity contribution in [3.05, 3.63) is 50.3 Å². The number of nitrogen functional groups attached to an aromatic ring is 1. The maximum absolute atomic E-state index is 12.7. The molecule has 1 aliphatic rings. The minimum atomic E-state index is -0.666. The summed E-state index contributed by atoms with van der Waals surface area (Å²) >= 11 is 0. The smallest absolute Gasteiger partial charge is 0.253 e. The van der Waals surface area contributed by atoms with Gasteiger partial charge in [-0.15, -0.1) is 0 Å². The predicted octanol–water partition coefficient (Wildman–Crippen LogP) is 1.24. The normalized spacial score (nSPS) is 19.1. The number of para-hydroxylation sites is 1. The Kier molecular flexibility index (Phi) is 3.67. The first-order valence-electron chi connectivity index (χ1n) is 7.69. The molecule has 0 saturated heterocycles. The van der Waals surface area contributed by atoms with Crippen LogP contribution in [0.25, 0.3) is 0 Å². The number of anilines is 3. The van der Waals surface area contributed by atoms with Crippen molar-refractivity contribution in [1.82, 2.24) is 0 Å². The Labute approximate surface area is 133 Å². The average molecular weight is 313 g/mol. The second kappa shape index (κ2) is 5.53. The number of carbonyl (C=O) groups excluding carboxylic acids is 1. The Morgan fingerprint density at radius 1 is 1.26 bits per heavy atom. The Bertz CT molecular complexity index is 836. The van der Waals surface area contributed by atoms with Crippen molar-refractivity contribution in [3.8, 4) is 0 Å². The van der Waals surface area contributed by atoms with E-state index < -0.39 is 16.9 Å². The number of amides is 1. The SMILES string of the molecule is CC[C@H](C)C1C(=O)Nc2ccccc2CN1c1c(N)c(=O)c1=O. The highest BCUT2D eigenvalue weighted by Crippen LogP contribution is 2.32. The molecule has 6 heteroatoms. The van der Waals surface area contributed by atoms with Gasteiger partial charge in [-0.25, -0.2) is 0 Å². The van der Waals surface area contributed by atoms with Crippen LogP contribution in [0.2, 0.25) is 0 Å². The molecule has 120 valence electrons. The maximum Gasteiger partial charge on any atom is 0.253 e. The summed E-state index contributed by atoms with van der Waals surface area (Å²) in [4.78, 5) is 37.9. The summed E-state index contributed by atoms with van der Waals surface area (Å²) in [5.74, 6) is -0.176. The summed E-state index contributed by atoms with van der Waals surface area (Å²) in [5.41, 5.74) is 6.21. The molecule has 0 fully saturated rings. The number of carbonyl (C=O) groups is 1. The summed E-state index contributed by atoms with van der Waals surface area (Å²) < 4.78 is 0. The Morgan fingerprint density at radius 3 is 2.61 bits per heavy atom. The molecule has 0 saturated carbocycles. The van der Waals surface area contributed by atoms with Crippen molar-refractivity contribution in [1.29, 1.82) is 0 Å². The highest BCUT2D eigenvalue weighted by Gasteiger charge is 2.38. The quantitative estimate of drug-likeness (QED) is 0.832. The zero-order valence-corrected chi connectivity index (χ0v) is 13.1. The largest absolute Gasteiger partial charge is 0.394 e. The van der Waals surface area contributed by atoms with Crippen LogP contribution in [0.15, 0.2) is 33.9 Å². The standard InChI is InChI=1S/C17H19N3O3/c1-3-9(2)13-17(23)19-11-7-5-4-6-10(11)8-20(13)14-12(18)15(21)16(14)22/h4-7,9,13H,3,8,18H2,1-2H3,(H,19,23)/t9-,13?/m0/s1. The van der Waals surface area contributed by atoms with Crippen molar-refractivity contribution >= 4 is 23.0 Å². The molecule has 0 bridgehead atoms. The molecule has 3 rings (SSSR count). The Hall–Kier alpha value is -2.63. The molecule has 1 unspecified atom stereocenters. The number of nitrogens with two attached hydrogens (primary N) is 1. The molecular formula is C17H19N3O3. The first-order chi connectivity index (χ1) is 11.0. The number of rotatable bonds is 3. The van der Waals surface area contributed by atoms with E-state index >= 15 is 0 Å². The Morgan fingerprint density at radius 2 is 1.96 bits per heavy atom. The molecule has 0 aliphatic carbocycles. The van der Waals surface area contributed by atoms with Gasteiger partial charge in [-0.05, 0) is 17.5 Å². The molecule has 23 heavy (non-hydrogen) atoms. The highest BCUT2D eigenvalue weighted by atomic mass is 16.2. The lowest BCUT2D eigenvalue weighted by atomic mass is 9.95. The van der Waals surface area contributed by atoms with Crippen molar-refractivity contribution in [2.45, 2.75) is 32.9 Å². The van der Waals surface area contributed by atoms with Crippen LogP contribution in [0, 0.1) is 5.92 Å². The van der Waals surface area contributed by atoms with Crippen LogP contribution in [0.4, 0.5) is 17.1 Å². The fourth-order valence-corrected chi connectivity index (χ4v) is 3.10. The number of nitrogens with zero attached hydrogens (tertiary/aromatic N) is 1. The van der Waals surface area contributed by atoms with Crippen molar-refractivity contribution in [2.75, 3.05) is 16.0 Å². The van der Waals surface area contributed by atoms with Gasteiger partial charge < -0.3 is 16.0 Å². The van der Waals surface area contributed by atoms with Gasteiger partial charge in [0.25, 0.3) is 10.9 Å².